The van der Waals surface area contributed by atoms with Gasteiger partial charge in [-0.25, -0.2) is 4.98 Å². The molecule has 0 N–H and O–H groups in total. The molecule has 0 fully saturated rings. The first-order valence-electron chi connectivity index (χ1n) is 6.83. The molecule has 3 aromatic rings. The summed E-state index contributed by atoms with van der Waals surface area (Å²) >= 11 is 14.8. The highest BCUT2D eigenvalue weighted by molar-refractivity contribution is 14.1. The van der Waals surface area contributed by atoms with E-state index in [0.29, 0.717) is 5.02 Å². The summed E-state index contributed by atoms with van der Waals surface area (Å²) in [6.07, 6.45) is 0. The number of rotatable bonds is 4. The summed E-state index contributed by atoms with van der Waals surface area (Å²) in [5.41, 5.74) is 1.96. The Balaban J connectivity index is 2.10. The van der Waals surface area contributed by atoms with Crippen molar-refractivity contribution in [3.8, 4) is 0 Å². The summed E-state index contributed by atoms with van der Waals surface area (Å²) in [5.74, 6) is 0.850. The lowest BCUT2D eigenvalue weighted by atomic mass is 10.2. The van der Waals surface area contributed by atoms with Crippen molar-refractivity contribution < 1.29 is 0 Å². The maximum absolute atomic E-state index is 6.43. The van der Waals surface area contributed by atoms with Crippen molar-refractivity contribution in [3.63, 3.8) is 0 Å². The van der Waals surface area contributed by atoms with Gasteiger partial charge in [-0.1, -0.05) is 64.0 Å². The fourth-order valence-electron chi connectivity index (χ4n) is 2.34. The molecule has 0 radical (unpaired) electrons. The Morgan fingerprint density at radius 1 is 1.00 bits per heavy atom. The zero-order valence-electron chi connectivity index (χ0n) is 11.6. The molecule has 2 nitrogen and oxygen atoms in total. The molecule has 22 heavy (non-hydrogen) atoms. The van der Waals surface area contributed by atoms with Crippen molar-refractivity contribution in [1.29, 1.82) is 0 Å². The molecule has 0 unspecified atom stereocenters. The molecule has 0 spiro atoms. The second kappa shape index (κ2) is 7.02. The molecule has 0 aliphatic rings. The number of aromatic nitrogens is 1. The van der Waals surface area contributed by atoms with E-state index in [2.05, 4.69) is 27.5 Å². The summed E-state index contributed by atoms with van der Waals surface area (Å²) in [5, 5.41) is 2.41. The lowest BCUT2D eigenvalue weighted by Crippen LogP contribution is -2.20. The van der Waals surface area contributed by atoms with E-state index in [4.69, 9.17) is 28.2 Å². The van der Waals surface area contributed by atoms with Crippen LogP contribution in [0.3, 0.4) is 0 Å². The lowest BCUT2D eigenvalue weighted by molar-refractivity contribution is 1.02. The molecular formula is C17H13Cl2IN2. The van der Waals surface area contributed by atoms with Crippen LogP contribution in [0, 0.1) is 0 Å². The minimum Gasteiger partial charge on any atom is -0.326 e. The molecule has 0 amide bonds. The van der Waals surface area contributed by atoms with Crippen molar-refractivity contribution in [2.75, 3.05) is 15.9 Å². The van der Waals surface area contributed by atoms with E-state index >= 15 is 0 Å². The first-order valence-corrected chi connectivity index (χ1v) is 9.11. The highest BCUT2D eigenvalue weighted by Gasteiger charge is 2.13. The summed E-state index contributed by atoms with van der Waals surface area (Å²) in [6.45, 7) is 0.851. The van der Waals surface area contributed by atoms with Gasteiger partial charge in [0.25, 0.3) is 0 Å². The second-order valence-corrected chi connectivity index (χ2v) is 6.72. The van der Waals surface area contributed by atoms with Crippen LogP contribution in [0.2, 0.25) is 10.0 Å². The zero-order valence-corrected chi connectivity index (χ0v) is 15.3. The third kappa shape index (κ3) is 3.31. The van der Waals surface area contributed by atoms with E-state index in [0.717, 1.165) is 38.4 Å². The van der Waals surface area contributed by atoms with Crippen molar-refractivity contribution in [2.45, 2.75) is 0 Å². The lowest BCUT2D eigenvalue weighted by Gasteiger charge is -2.23. The fourth-order valence-corrected chi connectivity index (χ4v) is 3.21. The average Bonchev–Trinajstić information content (AvgIpc) is 2.54. The van der Waals surface area contributed by atoms with E-state index in [1.165, 1.54) is 0 Å². The van der Waals surface area contributed by atoms with Gasteiger partial charge in [0.05, 0.1) is 10.5 Å². The van der Waals surface area contributed by atoms with Crippen molar-refractivity contribution in [3.05, 3.63) is 64.6 Å². The Morgan fingerprint density at radius 3 is 2.45 bits per heavy atom. The van der Waals surface area contributed by atoms with Gasteiger partial charge >= 0.3 is 0 Å². The Bertz CT molecular complexity index is 790. The summed E-state index contributed by atoms with van der Waals surface area (Å²) in [4.78, 5) is 6.91. The number of hydrogen-bond acceptors (Lipinski definition) is 2. The van der Waals surface area contributed by atoms with Crippen LogP contribution in [0.5, 0.6) is 0 Å². The number of pyridine rings is 1. The molecule has 0 aliphatic heterocycles. The van der Waals surface area contributed by atoms with Crippen LogP contribution in [-0.4, -0.2) is 16.0 Å². The number of nitrogens with zero attached hydrogens (tertiary/aromatic N) is 2. The van der Waals surface area contributed by atoms with Gasteiger partial charge in [0.15, 0.2) is 0 Å². The molecule has 5 heteroatoms. The van der Waals surface area contributed by atoms with Crippen LogP contribution < -0.4 is 4.90 Å². The van der Waals surface area contributed by atoms with Crippen molar-refractivity contribution >= 4 is 68.2 Å². The molecule has 1 aromatic heterocycles. The molecule has 0 aliphatic carbocycles. The van der Waals surface area contributed by atoms with Gasteiger partial charge in [0.1, 0.15) is 5.82 Å². The molecule has 1 heterocycles. The predicted octanol–water partition coefficient (Wildman–Crippen LogP) is 6.11. The number of hydrogen-bond donors (Lipinski definition) is 0. The van der Waals surface area contributed by atoms with Gasteiger partial charge in [-0.15, -0.1) is 0 Å². The summed E-state index contributed by atoms with van der Waals surface area (Å²) in [7, 11) is 0. The maximum Gasteiger partial charge on any atom is 0.135 e. The number of benzene rings is 2. The Kier molecular flexibility index (Phi) is 5.06. The van der Waals surface area contributed by atoms with E-state index in [1.807, 2.05) is 54.6 Å². The van der Waals surface area contributed by atoms with Crippen LogP contribution in [0.4, 0.5) is 11.5 Å². The first-order chi connectivity index (χ1) is 10.7. The molecule has 0 bridgehead atoms. The monoisotopic (exact) mass is 442 g/mol. The van der Waals surface area contributed by atoms with Gasteiger partial charge in [-0.2, -0.15) is 0 Å². The molecule has 2 aromatic carbocycles. The normalized spacial score (nSPS) is 10.9. The predicted molar refractivity (Wildman–Crippen MR) is 104 cm³/mol. The van der Waals surface area contributed by atoms with Crippen molar-refractivity contribution in [2.24, 2.45) is 0 Å². The highest BCUT2D eigenvalue weighted by atomic mass is 127. The molecule has 0 saturated heterocycles. The third-order valence-corrected chi connectivity index (χ3v) is 4.42. The van der Waals surface area contributed by atoms with Gasteiger partial charge in [0.2, 0.25) is 0 Å². The highest BCUT2D eigenvalue weighted by Crippen LogP contribution is 2.31. The number of halogens is 3. The molecule has 112 valence electrons. The number of fused-ring (bicyclic) bond motifs is 1. The number of anilines is 2. The first kappa shape index (κ1) is 15.8. The maximum atomic E-state index is 6.43. The van der Waals surface area contributed by atoms with Crippen LogP contribution in [0.25, 0.3) is 10.9 Å². The summed E-state index contributed by atoms with van der Waals surface area (Å²) in [6, 6.07) is 17.6. The molecule has 0 atom stereocenters. The van der Waals surface area contributed by atoms with Gasteiger partial charge in [-0.05, 0) is 30.3 Å². The number of para-hydroxylation sites is 1. The van der Waals surface area contributed by atoms with Gasteiger partial charge in [0, 0.05) is 33.1 Å². The van der Waals surface area contributed by atoms with Crippen molar-refractivity contribution in [1.82, 2.24) is 4.98 Å². The molecule has 3 rings (SSSR count). The van der Waals surface area contributed by atoms with Gasteiger partial charge < -0.3 is 4.90 Å². The summed E-state index contributed by atoms with van der Waals surface area (Å²) < 4.78 is 0.979. The van der Waals surface area contributed by atoms with E-state index < -0.39 is 0 Å². The van der Waals surface area contributed by atoms with Crippen LogP contribution in [0.1, 0.15) is 0 Å². The molecule has 0 saturated carbocycles. The Morgan fingerprint density at radius 2 is 1.73 bits per heavy atom. The Hall–Kier alpha value is -1.04. The second-order valence-electron chi connectivity index (χ2n) is 4.80. The average molecular weight is 443 g/mol. The fraction of sp³-hybridized carbons (Fsp3) is 0.118. The largest absolute Gasteiger partial charge is 0.326 e. The minimum atomic E-state index is 0.716. The van der Waals surface area contributed by atoms with E-state index in [9.17, 15) is 0 Å². The van der Waals surface area contributed by atoms with E-state index in [-0.39, 0.29) is 0 Å². The quantitative estimate of drug-likeness (QED) is 0.357. The van der Waals surface area contributed by atoms with Gasteiger partial charge in [-0.3, -0.25) is 0 Å². The molecular weight excluding hydrogens is 430 g/mol. The number of alkyl halides is 1. The smallest absolute Gasteiger partial charge is 0.135 e. The van der Waals surface area contributed by atoms with E-state index in [1.54, 1.807) is 0 Å². The third-order valence-electron chi connectivity index (χ3n) is 3.38. The van der Waals surface area contributed by atoms with Crippen LogP contribution in [0.15, 0.2) is 54.6 Å². The van der Waals surface area contributed by atoms with Crippen LogP contribution in [-0.2, 0) is 0 Å². The Labute approximate surface area is 153 Å². The topological polar surface area (TPSA) is 16.1 Å². The standard InChI is InChI=1S/C17H13Cl2IN2/c18-12-5-7-13(8-6-12)22(10-9-20)17-11-15(19)14-3-1-2-4-16(14)21-17/h1-8,11H,9-10H2. The van der Waals surface area contributed by atoms with Crippen LogP contribution >= 0.6 is 45.8 Å². The minimum absolute atomic E-state index is 0.716. The zero-order chi connectivity index (χ0) is 15.5. The SMILES string of the molecule is Clc1ccc(N(CCI)c2cc(Cl)c3ccccc3n2)cc1.